The lowest BCUT2D eigenvalue weighted by atomic mass is 9.86. The van der Waals surface area contributed by atoms with Gasteiger partial charge in [0.15, 0.2) is 12.1 Å². The van der Waals surface area contributed by atoms with Crippen LogP contribution in [0.1, 0.15) is 73.6 Å². The summed E-state index contributed by atoms with van der Waals surface area (Å²) in [6.07, 6.45) is 12.4. The van der Waals surface area contributed by atoms with Crippen LogP contribution in [-0.2, 0) is 4.79 Å². The van der Waals surface area contributed by atoms with Crippen molar-refractivity contribution in [3.05, 3.63) is 53.0 Å². The van der Waals surface area contributed by atoms with E-state index in [1.165, 1.54) is 19.4 Å². The number of hydrogen-bond acceptors (Lipinski definition) is 6. The number of piperidine rings is 1. The molecule has 4 rings (SSSR count). The number of rotatable bonds is 9. The Morgan fingerprint density at radius 1 is 1.10 bits per heavy atom. The van der Waals surface area contributed by atoms with Gasteiger partial charge in [-0.1, -0.05) is 13.0 Å². The van der Waals surface area contributed by atoms with Gasteiger partial charge in [0, 0.05) is 67.6 Å². The molecule has 1 unspecified atom stereocenters. The molecular weight excluding hydrogens is 495 g/mol. The van der Waals surface area contributed by atoms with Crippen LogP contribution in [0.25, 0.3) is 0 Å². The van der Waals surface area contributed by atoms with Crippen molar-refractivity contribution >= 4 is 29.9 Å². The Labute approximate surface area is 231 Å². The number of carbonyl (C=O) groups is 3. The summed E-state index contributed by atoms with van der Waals surface area (Å²) < 4.78 is 14.8. The van der Waals surface area contributed by atoms with Crippen molar-refractivity contribution in [2.75, 3.05) is 50.7 Å². The average Bonchev–Trinajstić information content (AvgIpc) is 3.54. The van der Waals surface area contributed by atoms with Gasteiger partial charge in [0.2, 0.25) is 0 Å². The molecule has 7 nitrogen and oxygen atoms in total. The smallest absolute Gasteiger partial charge is 0.160 e. The first-order chi connectivity index (χ1) is 18.8. The molecule has 1 aromatic rings. The Balaban J connectivity index is 1.32. The van der Waals surface area contributed by atoms with E-state index in [0.717, 1.165) is 83.6 Å². The second kappa shape index (κ2) is 12.8. The number of benzene rings is 1. The number of hydrogen-bond donors (Lipinski definition) is 0. The van der Waals surface area contributed by atoms with E-state index in [4.69, 9.17) is 0 Å². The topological polar surface area (TPSA) is 73.3 Å². The van der Waals surface area contributed by atoms with E-state index in [0.29, 0.717) is 23.5 Å². The highest BCUT2D eigenvalue weighted by Gasteiger charge is 2.44. The molecule has 3 saturated heterocycles. The van der Waals surface area contributed by atoms with E-state index in [-0.39, 0.29) is 22.3 Å². The molecule has 8 heteroatoms. The molecule has 39 heavy (non-hydrogen) atoms. The first-order valence-electron chi connectivity index (χ1n) is 14.2. The summed E-state index contributed by atoms with van der Waals surface area (Å²) in [6, 6.07) is 2.73. The summed E-state index contributed by atoms with van der Waals surface area (Å²) in [5.41, 5.74) is 1.70. The number of aliphatic imine (C=N–C) groups is 1. The van der Waals surface area contributed by atoms with Crippen LogP contribution in [-0.4, -0.2) is 79.8 Å². The fraction of sp³-hybridized carbons (Fsp3) is 0.548. The van der Waals surface area contributed by atoms with Crippen molar-refractivity contribution in [2.45, 2.75) is 52.9 Å². The normalized spacial score (nSPS) is 23.4. The number of allylic oxidation sites excluding steroid dienone is 2. The van der Waals surface area contributed by atoms with E-state index in [9.17, 15) is 18.8 Å². The SMILES string of the molecule is CC/C=C/C(=N\C=C(/C)C=O)N1CCC2(CCN(CC3CCN(c4cc(C(C)=O)c(C=O)cc4F)CC3)C2)C1. The Morgan fingerprint density at radius 2 is 1.85 bits per heavy atom. The minimum absolute atomic E-state index is 0.111. The molecule has 0 aromatic heterocycles. The lowest BCUT2D eigenvalue weighted by Crippen LogP contribution is -2.39. The van der Waals surface area contributed by atoms with Gasteiger partial charge in [-0.3, -0.25) is 14.4 Å². The highest BCUT2D eigenvalue weighted by molar-refractivity contribution is 6.02. The molecule has 3 heterocycles. The van der Waals surface area contributed by atoms with Gasteiger partial charge in [0.25, 0.3) is 0 Å². The molecule has 3 aliphatic rings. The van der Waals surface area contributed by atoms with Crippen LogP contribution >= 0.6 is 0 Å². The fourth-order valence-corrected chi connectivity index (χ4v) is 6.24. The summed E-state index contributed by atoms with van der Waals surface area (Å²) in [6.45, 7) is 12.0. The number of halogens is 1. The summed E-state index contributed by atoms with van der Waals surface area (Å²) in [5, 5.41) is 0. The summed E-state index contributed by atoms with van der Waals surface area (Å²) >= 11 is 0. The number of carbonyl (C=O) groups excluding carboxylic acids is 3. The number of anilines is 1. The first kappa shape index (κ1) is 28.9. The Morgan fingerprint density at radius 3 is 2.51 bits per heavy atom. The van der Waals surface area contributed by atoms with E-state index in [2.05, 4.69) is 33.9 Å². The zero-order chi connectivity index (χ0) is 28.0. The average molecular weight is 537 g/mol. The van der Waals surface area contributed by atoms with Crippen molar-refractivity contribution < 1.29 is 18.8 Å². The lowest BCUT2D eigenvalue weighted by Gasteiger charge is -2.36. The maximum atomic E-state index is 14.8. The predicted molar refractivity (Wildman–Crippen MR) is 153 cm³/mol. The van der Waals surface area contributed by atoms with E-state index in [1.54, 1.807) is 19.2 Å². The summed E-state index contributed by atoms with van der Waals surface area (Å²) in [7, 11) is 0. The third-order valence-corrected chi connectivity index (χ3v) is 8.47. The minimum atomic E-state index is -0.443. The molecule has 1 atom stereocenters. The molecule has 210 valence electrons. The van der Waals surface area contributed by atoms with Gasteiger partial charge in [-0.15, -0.1) is 0 Å². The largest absolute Gasteiger partial charge is 0.369 e. The molecule has 3 fully saturated rings. The number of amidine groups is 1. The second-order valence-corrected chi connectivity index (χ2v) is 11.4. The fourth-order valence-electron chi connectivity index (χ4n) is 6.24. The Bertz CT molecular complexity index is 1170. The second-order valence-electron chi connectivity index (χ2n) is 11.4. The van der Waals surface area contributed by atoms with Crippen LogP contribution in [0.15, 0.2) is 41.1 Å². The maximum absolute atomic E-state index is 14.8. The first-order valence-corrected chi connectivity index (χ1v) is 14.2. The molecule has 0 radical (unpaired) electrons. The highest BCUT2D eigenvalue weighted by Crippen LogP contribution is 2.40. The quantitative estimate of drug-likeness (QED) is 0.147. The molecule has 0 aliphatic carbocycles. The molecule has 1 aromatic carbocycles. The van der Waals surface area contributed by atoms with Crippen LogP contribution in [0.2, 0.25) is 0 Å². The van der Waals surface area contributed by atoms with Crippen LogP contribution in [0.5, 0.6) is 0 Å². The van der Waals surface area contributed by atoms with Gasteiger partial charge in [0.05, 0.1) is 5.69 Å². The molecule has 3 aliphatic heterocycles. The standard InChI is InChI=1S/C31H41FN4O3/c1-4-5-6-30(33-17-23(2)19-37)36-14-10-31(22-36)9-13-34(21-31)18-25-7-11-35(12-8-25)29-16-27(24(3)39)26(20-38)15-28(29)32/h5-6,15-17,19-20,25H,4,7-14,18,21-22H2,1-3H3/b6-5+,23-17+,33-30+. The number of nitrogens with zero attached hydrogens (tertiary/aromatic N) is 4. The molecule has 0 bridgehead atoms. The zero-order valence-corrected chi connectivity index (χ0v) is 23.5. The van der Waals surface area contributed by atoms with Crippen molar-refractivity contribution in [1.82, 2.24) is 9.80 Å². The van der Waals surface area contributed by atoms with E-state index in [1.807, 2.05) is 4.90 Å². The van der Waals surface area contributed by atoms with Crippen molar-refractivity contribution in [3.63, 3.8) is 0 Å². The predicted octanol–water partition coefficient (Wildman–Crippen LogP) is 4.92. The summed E-state index contributed by atoms with van der Waals surface area (Å²) in [4.78, 5) is 45.8. The molecule has 1 spiro atoms. The molecular formula is C31H41FN4O3. The van der Waals surface area contributed by atoms with Gasteiger partial charge in [0.1, 0.15) is 17.9 Å². The van der Waals surface area contributed by atoms with Gasteiger partial charge in [-0.25, -0.2) is 9.38 Å². The van der Waals surface area contributed by atoms with Crippen LogP contribution in [0.4, 0.5) is 10.1 Å². The van der Waals surface area contributed by atoms with Crippen molar-refractivity contribution in [1.29, 1.82) is 0 Å². The Kier molecular flexibility index (Phi) is 9.49. The van der Waals surface area contributed by atoms with Gasteiger partial charge in [-0.2, -0.15) is 0 Å². The highest BCUT2D eigenvalue weighted by atomic mass is 19.1. The number of ketones is 1. The number of likely N-dealkylation sites (tertiary alicyclic amines) is 2. The molecule has 0 N–H and O–H groups in total. The summed E-state index contributed by atoms with van der Waals surface area (Å²) in [5.74, 6) is 0.817. The lowest BCUT2D eigenvalue weighted by molar-refractivity contribution is -0.104. The third-order valence-electron chi connectivity index (χ3n) is 8.47. The van der Waals surface area contributed by atoms with Crippen molar-refractivity contribution in [3.8, 4) is 0 Å². The van der Waals surface area contributed by atoms with Crippen molar-refractivity contribution in [2.24, 2.45) is 16.3 Å². The van der Waals surface area contributed by atoms with Gasteiger partial charge < -0.3 is 14.7 Å². The third kappa shape index (κ3) is 6.90. The maximum Gasteiger partial charge on any atom is 0.160 e. The minimum Gasteiger partial charge on any atom is -0.369 e. The van der Waals surface area contributed by atoms with Gasteiger partial charge >= 0.3 is 0 Å². The van der Waals surface area contributed by atoms with Crippen LogP contribution in [0, 0.1) is 17.2 Å². The van der Waals surface area contributed by atoms with Crippen LogP contribution < -0.4 is 4.90 Å². The van der Waals surface area contributed by atoms with Crippen LogP contribution in [0.3, 0.4) is 0 Å². The van der Waals surface area contributed by atoms with Gasteiger partial charge in [-0.05, 0) is 76.6 Å². The monoisotopic (exact) mass is 536 g/mol. The zero-order valence-electron chi connectivity index (χ0n) is 23.5. The van der Waals surface area contributed by atoms with E-state index >= 15 is 0 Å². The Hall–Kier alpha value is -3.13. The molecule has 0 amide bonds. The van der Waals surface area contributed by atoms with E-state index < -0.39 is 5.82 Å². The number of aldehydes is 2. The number of Topliss-reactive ketones (excluding diaryl/α,β-unsaturated/α-hetero) is 1. The molecule has 0 saturated carbocycles.